The monoisotopic (exact) mass is 428 g/mol. The maximum absolute atomic E-state index is 14.0. The Balaban J connectivity index is 1.60. The molecule has 1 atom stereocenters. The molecule has 0 bridgehead atoms. The Labute approximate surface area is 186 Å². The van der Waals surface area contributed by atoms with Crippen molar-refractivity contribution in [1.29, 1.82) is 0 Å². The Hall–Kier alpha value is -3.54. The van der Waals surface area contributed by atoms with Gasteiger partial charge in [0.2, 0.25) is 5.89 Å². The number of hydrogen-bond donors (Lipinski definition) is 0. The van der Waals surface area contributed by atoms with E-state index in [1.807, 2.05) is 53.4 Å². The smallest absolute Gasteiger partial charge is 0.252 e. The summed E-state index contributed by atoms with van der Waals surface area (Å²) in [6.45, 7) is 5.25. The Kier molecular flexibility index (Phi) is 5.43. The van der Waals surface area contributed by atoms with Crippen molar-refractivity contribution in [1.82, 2.24) is 15.2 Å². The van der Waals surface area contributed by atoms with Crippen molar-refractivity contribution in [2.45, 2.75) is 32.4 Å². The summed E-state index contributed by atoms with van der Waals surface area (Å²) in [6.07, 6.45) is 1.39. The molecule has 162 valence electrons. The summed E-state index contributed by atoms with van der Waals surface area (Å²) in [5, 5.41) is 8.70. The van der Waals surface area contributed by atoms with Gasteiger partial charge in [-0.05, 0) is 47.2 Å². The van der Waals surface area contributed by atoms with Crippen LogP contribution in [0, 0.1) is 0 Å². The number of pyridine rings is 1. The minimum atomic E-state index is -0.859. The number of halogens is 1. The van der Waals surface area contributed by atoms with Crippen LogP contribution in [0.25, 0.3) is 34.0 Å². The van der Waals surface area contributed by atoms with Crippen LogP contribution in [0.3, 0.4) is 0 Å². The van der Waals surface area contributed by atoms with E-state index in [0.29, 0.717) is 43.0 Å². The van der Waals surface area contributed by atoms with Crippen LogP contribution in [0.2, 0.25) is 0 Å². The second-order valence-corrected chi connectivity index (χ2v) is 8.44. The number of benzene rings is 2. The first kappa shape index (κ1) is 20.4. The molecule has 4 aromatic rings. The lowest BCUT2D eigenvalue weighted by Gasteiger charge is -2.20. The molecule has 0 radical (unpaired) electrons. The minimum Gasteiger partial charge on any atom is -0.416 e. The van der Waals surface area contributed by atoms with Crippen LogP contribution >= 0.6 is 0 Å². The van der Waals surface area contributed by atoms with E-state index in [4.69, 9.17) is 4.42 Å². The van der Waals surface area contributed by atoms with E-state index in [2.05, 4.69) is 41.2 Å². The predicted molar refractivity (Wildman–Crippen MR) is 124 cm³/mol. The summed E-state index contributed by atoms with van der Waals surface area (Å²) in [5.74, 6) is 1.97. The number of hydrogen-bond acceptors (Lipinski definition) is 5. The number of nitrogens with zero attached hydrogens (tertiary/aromatic N) is 4. The van der Waals surface area contributed by atoms with Gasteiger partial charge in [-0.15, -0.1) is 10.2 Å². The third kappa shape index (κ3) is 3.88. The molecule has 2 aromatic carbocycles. The highest BCUT2D eigenvalue weighted by molar-refractivity contribution is 5.87. The molecule has 0 aliphatic carbocycles. The Morgan fingerprint density at radius 1 is 0.938 bits per heavy atom. The molecule has 5 nitrogen and oxygen atoms in total. The average Bonchev–Trinajstić information content (AvgIpc) is 3.48. The summed E-state index contributed by atoms with van der Waals surface area (Å²) in [7, 11) is 0. The van der Waals surface area contributed by atoms with Gasteiger partial charge in [0.25, 0.3) is 5.89 Å². The molecule has 1 saturated heterocycles. The van der Waals surface area contributed by atoms with Gasteiger partial charge in [-0.3, -0.25) is 0 Å². The van der Waals surface area contributed by atoms with Gasteiger partial charge in [-0.25, -0.2) is 9.37 Å². The van der Waals surface area contributed by atoms with Crippen molar-refractivity contribution >= 4 is 5.82 Å². The van der Waals surface area contributed by atoms with Gasteiger partial charge in [-0.2, -0.15) is 0 Å². The molecule has 1 aliphatic rings. The highest BCUT2D eigenvalue weighted by Gasteiger charge is 2.28. The van der Waals surface area contributed by atoms with Crippen molar-refractivity contribution in [3.63, 3.8) is 0 Å². The molecule has 0 spiro atoms. The van der Waals surface area contributed by atoms with Crippen LogP contribution in [-0.2, 0) is 0 Å². The van der Waals surface area contributed by atoms with Crippen molar-refractivity contribution in [3.05, 3.63) is 72.4 Å². The topological polar surface area (TPSA) is 55.1 Å². The second-order valence-electron chi connectivity index (χ2n) is 8.44. The zero-order valence-electron chi connectivity index (χ0n) is 18.2. The molecule has 1 fully saturated rings. The summed E-state index contributed by atoms with van der Waals surface area (Å²) in [5.41, 5.74) is 4.81. The molecule has 5 rings (SSSR count). The fourth-order valence-corrected chi connectivity index (χ4v) is 4.12. The highest BCUT2D eigenvalue weighted by Crippen LogP contribution is 2.39. The summed E-state index contributed by atoms with van der Waals surface area (Å²) in [6, 6.07) is 20.1. The molecule has 6 heteroatoms. The Morgan fingerprint density at radius 2 is 1.69 bits per heavy atom. The Bertz CT molecular complexity index is 1200. The lowest BCUT2D eigenvalue weighted by atomic mass is 10.0. The van der Waals surface area contributed by atoms with E-state index in [1.165, 1.54) is 5.56 Å². The molecule has 0 N–H and O–H groups in total. The van der Waals surface area contributed by atoms with Crippen LogP contribution in [0.4, 0.5) is 10.2 Å². The minimum absolute atomic E-state index is 0.315. The number of anilines is 1. The van der Waals surface area contributed by atoms with E-state index in [1.54, 1.807) is 6.20 Å². The third-order valence-corrected chi connectivity index (χ3v) is 5.91. The van der Waals surface area contributed by atoms with Gasteiger partial charge in [0.15, 0.2) is 0 Å². The van der Waals surface area contributed by atoms with Crippen molar-refractivity contribution in [3.8, 4) is 34.0 Å². The van der Waals surface area contributed by atoms with Gasteiger partial charge >= 0.3 is 0 Å². The van der Waals surface area contributed by atoms with E-state index in [-0.39, 0.29) is 0 Å². The molecule has 1 aliphatic heterocycles. The van der Waals surface area contributed by atoms with Gasteiger partial charge in [-0.1, -0.05) is 56.3 Å². The summed E-state index contributed by atoms with van der Waals surface area (Å²) >= 11 is 0. The first-order valence-corrected chi connectivity index (χ1v) is 11.0. The second kappa shape index (κ2) is 8.54. The first-order chi connectivity index (χ1) is 15.6. The van der Waals surface area contributed by atoms with Crippen LogP contribution in [0.15, 0.2) is 71.3 Å². The van der Waals surface area contributed by atoms with Crippen molar-refractivity contribution in [2.75, 3.05) is 18.0 Å². The number of alkyl halides is 1. The summed E-state index contributed by atoms with van der Waals surface area (Å²) in [4.78, 5) is 6.57. The highest BCUT2D eigenvalue weighted by atomic mass is 19.1. The van der Waals surface area contributed by atoms with E-state index < -0.39 is 6.17 Å². The van der Waals surface area contributed by atoms with E-state index in [0.717, 1.165) is 22.3 Å². The molecular formula is C26H25FN4O. The maximum atomic E-state index is 14.0. The van der Waals surface area contributed by atoms with Crippen molar-refractivity contribution in [2.24, 2.45) is 0 Å². The lowest BCUT2D eigenvalue weighted by Crippen LogP contribution is -2.22. The molecule has 2 aromatic heterocycles. The SMILES string of the molecule is CC(C)c1ccc(-c2nnc(-c3c(-c4ccccc4)ccnc3N3CC[C@H](F)C3)o2)cc1. The van der Waals surface area contributed by atoms with Crippen molar-refractivity contribution < 1.29 is 8.81 Å². The number of rotatable bonds is 5. The van der Waals surface area contributed by atoms with Gasteiger partial charge in [0, 0.05) is 18.3 Å². The zero-order chi connectivity index (χ0) is 22.1. The normalized spacial score (nSPS) is 16.1. The maximum Gasteiger partial charge on any atom is 0.252 e. The first-order valence-electron chi connectivity index (χ1n) is 11.0. The largest absolute Gasteiger partial charge is 0.416 e. The summed E-state index contributed by atoms with van der Waals surface area (Å²) < 4.78 is 20.2. The molecule has 0 unspecified atom stereocenters. The van der Waals surface area contributed by atoms with Gasteiger partial charge < -0.3 is 9.32 Å². The average molecular weight is 429 g/mol. The molecular weight excluding hydrogens is 403 g/mol. The molecule has 0 saturated carbocycles. The third-order valence-electron chi connectivity index (χ3n) is 5.91. The molecule has 3 heterocycles. The lowest BCUT2D eigenvalue weighted by molar-refractivity contribution is 0.364. The fraction of sp³-hybridized carbons (Fsp3) is 0.269. The van der Waals surface area contributed by atoms with Crippen LogP contribution in [-0.4, -0.2) is 34.4 Å². The van der Waals surface area contributed by atoms with E-state index >= 15 is 0 Å². The standard InChI is InChI=1S/C26H25FN4O/c1-17(2)18-8-10-20(11-9-18)25-29-30-26(32-25)23-22(19-6-4-3-5-7-19)12-14-28-24(23)31-15-13-21(27)16-31/h3-12,14,17,21H,13,15-16H2,1-2H3/t21-/m0/s1. The van der Waals surface area contributed by atoms with E-state index in [9.17, 15) is 4.39 Å². The van der Waals surface area contributed by atoms with Crippen LogP contribution < -0.4 is 4.90 Å². The van der Waals surface area contributed by atoms with Gasteiger partial charge in [0.05, 0.1) is 12.1 Å². The van der Waals surface area contributed by atoms with Crippen LogP contribution in [0.1, 0.15) is 31.7 Å². The number of aromatic nitrogens is 3. The molecule has 0 amide bonds. The quantitative estimate of drug-likeness (QED) is 0.382. The Morgan fingerprint density at radius 3 is 2.38 bits per heavy atom. The fourth-order valence-electron chi connectivity index (χ4n) is 4.12. The predicted octanol–water partition coefficient (Wildman–Crippen LogP) is 6.14. The van der Waals surface area contributed by atoms with Crippen LogP contribution in [0.5, 0.6) is 0 Å². The zero-order valence-corrected chi connectivity index (χ0v) is 18.2. The molecule has 32 heavy (non-hydrogen) atoms. The van der Waals surface area contributed by atoms with Gasteiger partial charge in [0.1, 0.15) is 12.0 Å².